The van der Waals surface area contributed by atoms with Crippen molar-refractivity contribution >= 4 is 18.0 Å². The molecule has 2 heterocycles. The van der Waals surface area contributed by atoms with Gasteiger partial charge in [-0.1, -0.05) is 43.7 Å². The standard InChI is InChI=1S/C29H36N2O7/c1-3-8-24-25(12-11-23(21(2)32)26(24)33)36-18-7-15-30-16-13-29(14-17-30)20-31(28(35)38-29)27(34)37-19-22-9-5-4-6-10-22/h4-6,9-12,33H,3,7-8,13-20H2,1-2H3. The smallest absolute Gasteiger partial charge is 0.420 e. The maximum absolute atomic E-state index is 12.5. The molecule has 2 aliphatic rings. The summed E-state index contributed by atoms with van der Waals surface area (Å²) in [5.41, 5.74) is 1.18. The van der Waals surface area contributed by atoms with Crippen LogP contribution in [-0.4, -0.2) is 71.3 Å². The Balaban J connectivity index is 1.21. The molecule has 2 amide bonds. The third kappa shape index (κ3) is 6.45. The third-order valence-electron chi connectivity index (χ3n) is 7.16. The van der Waals surface area contributed by atoms with Gasteiger partial charge in [0.1, 0.15) is 23.7 Å². The predicted octanol–water partition coefficient (Wildman–Crippen LogP) is 4.94. The number of hydrogen-bond donors (Lipinski definition) is 1. The van der Waals surface area contributed by atoms with E-state index in [0.717, 1.165) is 42.9 Å². The van der Waals surface area contributed by atoms with E-state index in [1.165, 1.54) is 6.92 Å². The highest BCUT2D eigenvalue weighted by Crippen LogP contribution is 2.35. The first-order valence-electron chi connectivity index (χ1n) is 13.2. The zero-order valence-corrected chi connectivity index (χ0v) is 22.1. The van der Waals surface area contributed by atoms with Gasteiger partial charge >= 0.3 is 12.2 Å². The highest BCUT2D eigenvalue weighted by Gasteiger charge is 2.49. The van der Waals surface area contributed by atoms with E-state index < -0.39 is 17.8 Å². The van der Waals surface area contributed by atoms with Crippen LogP contribution in [0.2, 0.25) is 0 Å². The molecule has 0 aliphatic carbocycles. The van der Waals surface area contributed by atoms with Gasteiger partial charge in [0.15, 0.2) is 5.78 Å². The van der Waals surface area contributed by atoms with Crippen LogP contribution < -0.4 is 4.74 Å². The Bertz CT molecular complexity index is 1140. The van der Waals surface area contributed by atoms with Gasteiger partial charge in [0.05, 0.1) is 18.7 Å². The van der Waals surface area contributed by atoms with Gasteiger partial charge in [0.25, 0.3) is 0 Å². The number of ether oxygens (including phenoxy) is 3. The quantitative estimate of drug-likeness (QED) is 0.344. The van der Waals surface area contributed by atoms with Crippen LogP contribution >= 0.6 is 0 Å². The number of carbonyl (C=O) groups is 3. The Labute approximate surface area is 223 Å². The Morgan fingerprint density at radius 3 is 2.53 bits per heavy atom. The number of imide groups is 1. The number of likely N-dealkylation sites (tertiary alicyclic amines) is 1. The molecule has 0 atom stereocenters. The van der Waals surface area contributed by atoms with Gasteiger partial charge in [-0.2, -0.15) is 0 Å². The highest BCUT2D eigenvalue weighted by molar-refractivity contribution is 5.97. The van der Waals surface area contributed by atoms with E-state index in [-0.39, 0.29) is 24.7 Å². The minimum atomic E-state index is -0.680. The van der Waals surface area contributed by atoms with Gasteiger partial charge in [-0.3, -0.25) is 4.79 Å². The van der Waals surface area contributed by atoms with Crippen LogP contribution in [0.4, 0.5) is 9.59 Å². The molecule has 9 nitrogen and oxygen atoms in total. The highest BCUT2D eigenvalue weighted by atomic mass is 16.6. The van der Waals surface area contributed by atoms with Crippen molar-refractivity contribution in [3.8, 4) is 11.5 Å². The molecule has 2 fully saturated rings. The van der Waals surface area contributed by atoms with Gasteiger partial charge in [-0.15, -0.1) is 0 Å². The summed E-state index contributed by atoms with van der Waals surface area (Å²) in [6, 6.07) is 12.7. The number of piperidine rings is 1. The Morgan fingerprint density at radius 2 is 1.84 bits per heavy atom. The van der Waals surface area contributed by atoms with E-state index in [1.54, 1.807) is 12.1 Å². The lowest BCUT2D eigenvalue weighted by molar-refractivity contribution is -0.000141. The minimum Gasteiger partial charge on any atom is -0.507 e. The molecular formula is C29H36N2O7. The average Bonchev–Trinajstić information content (AvgIpc) is 3.24. The molecular weight excluding hydrogens is 488 g/mol. The summed E-state index contributed by atoms with van der Waals surface area (Å²) in [4.78, 5) is 40.0. The summed E-state index contributed by atoms with van der Waals surface area (Å²) in [7, 11) is 0. The van der Waals surface area contributed by atoms with Crippen LogP contribution in [0, 0.1) is 0 Å². The average molecular weight is 525 g/mol. The van der Waals surface area contributed by atoms with Crippen molar-refractivity contribution < 1.29 is 33.7 Å². The summed E-state index contributed by atoms with van der Waals surface area (Å²) in [5.74, 6) is 0.459. The van der Waals surface area contributed by atoms with Gasteiger partial charge in [0, 0.05) is 38.0 Å². The molecule has 204 valence electrons. The van der Waals surface area contributed by atoms with Crippen molar-refractivity contribution in [2.45, 2.75) is 58.2 Å². The molecule has 2 aromatic carbocycles. The van der Waals surface area contributed by atoms with E-state index in [4.69, 9.17) is 14.2 Å². The first-order chi connectivity index (χ1) is 18.3. The summed E-state index contributed by atoms with van der Waals surface area (Å²) in [6.07, 6.45) is 2.20. The molecule has 1 N–H and O–H groups in total. The van der Waals surface area contributed by atoms with Crippen LogP contribution in [0.15, 0.2) is 42.5 Å². The van der Waals surface area contributed by atoms with E-state index >= 15 is 0 Å². The fourth-order valence-electron chi connectivity index (χ4n) is 5.00. The number of ketones is 1. The molecule has 9 heteroatoms. The first-order valence-corrected chi connectivity index (χ1v) is 13.2. The van der Waals surface area contributed by atoms with Crippen LogP contribution in [-0.2, 0) is 22.5 Å². The van der Waals surface area contributed by atoms with Crippen LogP contribution in [0.1, 0.15) is 61.0 Å². The lowest BCUT2D eigenvalue weighted by atomic mass is 9.91. The van der Waals surface area contributed by atoms with Gasteiger partial charge in [-0.05, 0) is 37.5 Å². The van der Waals surface area contributed by atoms with Crippen molar-refractivity contribution in [3.05, 3.63) is 59.2 Å². The molecule has 0 bridgehead atoms. The fraction of sp³-hybridized carbons (Fsp3) is 0.483. The summed E-state index contributed by atoms with van der Waals surface area (Å²) < 4.78 is 17.0. The predicted molar refractivity (Wildman–Crippen MR) is 140 cm³/mol. The van der Waals surface area contributed by atoms with Crippen molar-refractivity contribution in [3.63, 3.8) is 0 Å². The van der Waals surface area contributed by atoms with Gasteiger partial charge < -0.3 is 24.2 Å². The minimum absolute atomic E-state index is 0.0160. The first kappa shape index (κ1) is 27.4. The van der Waals surface area contributed by atoms with Gasteiger partial charge in [0.2, 0.25) is 0 Å². The van der Waals surface area contributed by atoms with Crippen LogP contribution in [0.25, 0.3) is 0 Å². The maximum atomic E-state index is 12.5. The second-order valence-corrected chi connectivity index (χ2v) is 9.97. The van der Waals surface area contributed by atoms with Crippen molar-refractivity contribution in [2.24, 2.45) is 0 Å². The molecule has 0 aromatic heterocycles. The monoisotopic (exact) mass is 524 g/mol. The Hall–Kier alpha value is -3.59. The molecule has 0 radical (unpaired) electrons. The van der Waals surface area contributed by atoms with Gasteiger partial charge in [-0.25, -0.2) is 14.5 Å². The molecule has 2 saturated heterocycles. The van der Waals surface area contributed by atoms with E-state index in [1.807, 2.05) is 37.3 Å². The third-order valence-corrected chi connectivity index (χ3v) is 7.16. The van der Waals surface area contributed by atoms with Crippen molar-refractivity contribution in [2.75, 3.05) is 32.8 Å². The van der Waals surface area contributed by atoms with Crippen LogP contribution in [0.3, 0.4) is 0 Å². The molecule has 1 spiro atoms. The zero-order valence-electron chi connectivity index (χ0n) is 22.1. The number of hydrogen-bond acceptors (Lipinski definition) is 8. The second-order valence-electron chi connectivity index (χ2n) is 9.97. The van der Waals surface area contributed by atoms with E-state index in [2.05, 4.69) is 4.90 Å². The fourth-order valence-corrected chi connectivity index (χ4v) is 5.00. The number of rotatable bonds is 10. The molecule has 0 saturated carbocycles. The summed E-state index contributed by atoms with van der Waals surface area (Å²) in [6.45, 7) is 6.55. The molecule has 38 heavy (non-hydrogen) atoms. The van der Waals surface area contributed by atoms with E-state index in [9.17, 15) is 19.5 Å². The maximum Gasteiger partial charge on any atom is 0.420 e. The van der Waals surface area contributed by atoms with Crippen molar-refractivity contribution in [1.29, 1.82) is 0 Å². The summed E-state index contributed by atoms with van der Waals surface area (Å²) in [5, 5.41) is 10.5. The number of Topliss-reactive ketones (excluding diaryl/α,β-unsaturated/α-hetero) is 1. The number of amides is 2. The number of nitrogens with zero attached hydrogens (tertiary/aromatic N) is 2. The lowest BCUT2D eigenvalue weighted by Gasteiger charge is -2.37. The number of aromatic hydroxyl groups is 1. The molecule has 2 aliphatic heterocycles. The van der Waals surface area contributed by atoms with E-state index in [0.29, 0.717) is 42.7 Å². The Morgan fingerprint density at radius 1 is 1.11 bits per heavy atom. The molecule has 0 unspecified atom stereocenters. The van der Waals surface area contributed by atoms with Crippen LogP contribution in [0.5, 0.6) is 11.5 Å². The number of benzene rings is 2. The normalized spacial score (nSPS) is 16.9. The lowest BCUT2D eigenvalue weighted by Crippen LogP contribution is -2.47. The molecule has 2 aromatic rings. The molecule has 4 rings (SSSR count). The number of phenolic OH excluding ortho intramolecular Hbond substituents is 1. The summed E-state index contributed by atoms with van der Waals surface area (Å²) >= 11 is 0. The SMILES string of the molecule is CCCc1c(OCCCN2CCC3(CC2)CN(C(=O)OCc2ccccc2)C(=O)O3)ccc(C(C)=O)c1O. The second kappa shape index (κ2) is 12.3. The number of carbonyl (C=O) groups excluding carboxylic acids is 3. The van der Waals surface area contributed by atoms with Crippen molar-refractivity contribution in [1.82, 2.24) is 9.80 Å². The largest absolute Gasteiger partial charge is 0.507 e. The zero-order chi connectivity index (χ0) is 27.1. The Kier molecular flexibility index (Phi) is 8.89. The topological polar surface area (TPSA) is 106 Å². The number of phenols is 1.